The van der Waals surface area contributed by atoms with Crippen LogP contribution in [0.5, 0.6) is 0 Å². The van der Waals surface area contributed by atoms with E-state index in [4.69, 9.17) is 0 Å². The molecule has 3 N–H and O–H groups in total. The summed E-state index contributed by atoms with van der Waals surface area (Å²) in [6.45, 7) is 0.443. The molecule has 14 heavy (non-hydrogen) atoms. The second-order valence-electron chi connectivity index (χ2n) is 2.45. The molecule has 2 rings (SSSR count). The molecule has 0 aliphatic heterocycles. The molecule has 2 heterocycles. The summed E-state index contributed by atoms with van der Waals surface area (Å²) in [5.74, 6) is 0.557. The van der Waals surface area contributed by atoms with Crippen LogP contribution in [0.25, 0.3) is 0 Å². The first-order chi connectivity index (χ1) is 6.74. The molecular formula is C6H6BrN5OS. The van der Waals surface area contributed by atoms with E-state index in [9.17, 15) is 4.79 Å². The van der Waals surface area contributed by atoms with Crippen molar-refractivity contribution in [3.8, 4) is 0 Å². The Bertz CT molecular complexity index is 474. The summed E-state index contributed by atoms with van der Waals surface area (Å²) in [4.78, 5) is 17.3. The molecule has 0 unspecified atom stereocenters. The average Bonchev–Trinajstić information content (AvgIpc) is 2.72. The van der Waals surface area contributed by atoms with Gasteiger partial charge in [0, 0.05) is 0 Å². The van der Waals surface area contributed by atoms with Crippen LogP contribution in [0, 0.1) is 0 Å². The third-order valence-electron chi connectivity index (χ3n) is 1.43. The highest BCUT2D eigenvalue weighted by Crippen LogP contribution is 2.23. The van der Waals surface area contributed by atoms with Gasteiger partial charge in [0.1, 0.15) is 5.82 Å². The largest absolute Gasteiger partial charge is 0.354 e. The quantitative estimate of drug-likeness (QED) is 0.778. The number of aromatic nitrogens is 4. The van der Waals surface area contributed by atoms with Crippen LogP contribution in [-0.2, 0) is 6.54 Å². The summed E-state index contributed by atoms with van der Waals surface area (Å²) in [5.41, 5.74) is -0.304. The summed E-state index contributed by atoms with van der Waals surface area (Å²) in [6, 6.07) is 0. The van der Waals surface area contributed by atoms with Crippen molar-refractivity contribution in [1.82, 2.24) is 20.2 Å². The standard InChI is InChI=1S/C6H6BrN5OS/c7-3-1-8-6(14-3)9-2-4-10-5(13)12-11-4/h1H,2H2,(H,8,9)(H2,10,11,12,13). The molecule has 0 radical (unpaired) electrons. The fourth-order valence-corrected chi connectivity index (χ4v) is 1.99. The first-order valence-electron chi connectivity index (χ1n) is 3.73. The van der Waals surface area contributed by atoms with Gasteiger partial charge in [0.25, 0.3) is 0 Å². The van der Waals surface area contributed by atoms with Crippen LogP contribution in [-0.4, -0.2) is 20.2 Å². The Labute approximate surface area is 90.9 Å². The minimum Gasteiger partial charge on any atom is -0.354 e. The van der Waals surface area contributed by atoms with E-state index in [0.717, 1.165) is 8.92 Å². The number of rotatable bonds is 3. The summed E-state index contributed by atoms with van der Waals surface area (Å²) < 4.78 is 0.954. The predicted molar refractivity (Wildman–Crippen MR) is 56.3 cm³/mol. The number of hydrogen-bond donors (Lipinski definition) is 3. The summed E-state index contributed by atoms with van der Waals surface area (Å²) in [5, 5.41) is 9.83. The highest BCUT2D eigenvalue weighted by atomic mass is 79.9. The van der Waals surface area contributed by atoms with E-state index in [0.29, 0.717) is 12.4 Å². The van der Waals surface area contributed by atoms with Crippen LogP contribution in [0.15, 0.2) is 14.8 Å². The molecule has 0 aliphatic rings. The smallest absolute Gasteiger partial charge is 0.340 e. The molecule has 0 saturated heterocycles. The number of halogens is 1. The Balaban J connectivity index is 1.98. The maximum Gasteiger partial charge on any atom is 0.340 e. The van der Waals surface area contributed by atoms with Gasteiger partial charge in [0.2, 0.25) is 0 Å². The summed E-state index contributed by atoms with van der Waals surface area (Å²) in [6.07, 6.45) is 1.71. The molecule has 2 aromatic heterocycles. The summed E-state index contributed by atoms with van der Waals surface area (Å²) >= 11 is 4.78. The molecule has 0 spiro atoms. The Kier molecular flexibility index (Phi) is 2.64. The zero-order valence-electron chi connectivity index (χ0n) is 6.87. The first-order valence-corrected chi connectivity index (χ1v) is 5.34. The lowest BCUT2D eigenvalue weighted by Gasteiger charge is -1.96. The van der Waals surface area contributed by atoms with Crippen LogP contribution in [0.1, 0.15) is 5.82 Å². The van der Waals surface area contributed by atoms with Gasteiger partial charge in [-0.1, -0.05) is 11.3 Å². The number of aromatic amines is 2. The summed E-state index contributed by atoms with van der Waals surface area (Å²) in [7, 11) is 0. The van der Waals surface area contributed by atoms with Crippen LogP contribution in [0.2, 0.25) is 0 Å². The number of H-pyrrole nitrogens is 2. The first kappa shape index (κ1) is 9.41. The Morgan fingerprint density at radius 3 is 3.07 bits per heavy atom. The van der Waals surface area contributed by atoms with Gasteiger partial charge in [-0.05, 0) is 15.9 Å². The van der Waals surface area contributed by atoms with Gasteiger partial charge >= 0.3 is 5.69 Å². The lowest BCUT2D eigenvalue weighted by Crippen LogP contribution is -2.04. The van der Waals surface area contributed by atoms with Crippen molar-refractivity contribution in [2.45, 2.75) is 6.54 Å². The molecule has 6 nitrogen and oxygen atoms in total. The van der Waals surface area contributed by atoms with Gasteiger partial charge in [-0.15, -0.1) is 0 Å². The molecule has 0 aromatic carbocycles. The van der Waals surface area contributed by atoms with Crippen molar-refractivity contribution in [2.24, 2.45) is 0 Å². The van der Waals surface area contributed by atoms with E-state index < -0.39 is 0 Å². The molecule has 0 amide bonds. The number of thiazole rings is 1. The van der Waals surface area contributed by atoms with E-state index in [1.807, 2.05) is 0 Å². The van der Waals surface area contributed by atoms with E-state index in [1.54, 1.807) is 6.20 Å². The minimum absolute atomic E-state index is 0.304. The molecule has 0 fully saturated rings. The average molecular weight is 276 g/mol. The molecule has 8 heteroatoms. The zero-order chi connectivity index (χ0) is 9.97. The Morgan fingerprint density at radius 1 is 1.64 bits per heavy atom. The predicted octanol–water partition coefficient (Wildman–Crippen LogP) is 0.929. The number of nitrogens with one attached hydrogen (secondary N) is 3. The highest BCUT2D eigenvalue weighted by Gasteiger charge is 2.00. The molecule has 74 valence electrons. The third-order valence-corrected chi connectivity index (χ3v) is 2.87. The molecule has 0 saturated carbocycles. The van der Waals surface area contributed by atoms with Crippen molar-refractivity contribution in [1.29, 1.82) is 0 Å². The van der Waals surface area contributed by atoms with Crippen molar-refractivity contribution < 1.29 is 0 Å². The van der Waals surface area contributed by atoms with Gasteiger partial charge in [0.15, 0.2) is 5.13 Å². The van der Waals surface area contributed by atoms with E-state index in [-0.39, 0.29) is 5.69 Å². The van der Waals surface area contributed by atoms with Crippen LogP contribution in [0.3, 0.4) is 0 Å². The Morgan fingerprint density at radius 2 is 2.50 bits per heavy atom. The maximum absolute atomic E-state index is 10.7. The van der Waals surface area contributed by atoms with Crippen molar-refractivity contribution in [2.75, 3.05) is 5.32 Å². The Hall–Kier alpha value is -1.15. The second-order valence-corrected chi connectivity index (χ2v) is 4.86. The zero-order valence-corrected chi connectivity index (χ0v) is 9.28. The molecular weight excluding hydrogens is 270 g/mol. The topological polar surface area (TPSA) is 86.5 Å². The number of hydrogen-bond acceptors (Lipinski definition) is 5. The fourth-order valence-electron chi connectivity index (χ4n) is 0.884. The van der Waals surface area contributed by atoms with Crippen LogP contribution < -0.4 is 11.0 Å². The van der Waals surface area contributed by atoms with Crippen molar-refractivity contribution in [3.63, 3.8) is 0 Å². The van der Waals surface area contributed by atoms with Gasteiger partial charge in [0.05, 0.1) is 16.5 Å². The van der Waals surface area contributed by atoms with E-state index >= 15 is 0 Å². The normalized spacial score (nSPS) is 10.4. The van der Waals surface area contributed by atoms with Crippen molar-refractivity contribution in [3.05, 3.63) is 26.3 Å². The molecule has 0 bridgehead atoms. The SMILES string of the molecule is O=c1[nH]nc(CNc2ncc(Br)s2)[nH]1. The monoisotopic (exact) mass is 275 g/mol. The van der Waals surface area contributed by atoms with Gasteiger partial charge in [-0.25, -0.2) is 14.9 Å². The molecule has 0 aliphatic carbocycles. The lowest BCUT2D eigenvalue weighted by atomic mass is 10.6. The lowest BCUT2D eigenvalue weighted by molar-refractivity contribution is 0.951. The van der Waals surface area contributed by atoms with Gasteiger partial charge in [-0.3, -0.25) is 4.98 Å². The molecule has 2 aromatic rings. The van der Waals surface area contributed by atoms with Crippen LogP contribution >= 0.6 is 27.3 Å². The van der Waals surface area contributed by atoms with Gasteiger partial charge < -0.3 is 5.32 Å². The molecule has 0 atom stereocenters. The fraction of sp³-hybridized carbons (Fsp3) is 0.167. The van der Waals surface area contributed by atoms with Crippen LogP contribution in [0.4, 0.5) is 5.13 Å². The van der Waals surface area contributed by atoms with E-state index in [1.165, 1.54) is 11.3 Å². The van der Waals surface area contributed by atoms with E-state index in [2.05, 4.69) is 41.4 Å². The van der Waals surface area contributed by atoms with Crippen molar-refractivity contribution >= 4 is 32.4 Å². The van der Waals surface area contributed by atoms with Gasteiger partial charge in [-0.2, -0.15) is 5.10 Å². The minimum atomic E-state index is -0.304. The number of anilines is 1. The maximum atomic E-state index is 10.7. The highest BCUT2D eigenvalue weighted by molar-refractivity contribution is 9.11. The third kappa shape index (κ3) is 2.20. The second kappa shape index (κ2) is 3.93. The number of nitrogens with zero attached hydrogens (tertiary/aromatic N) is 2.